The van der Waals surface area contributed by atoms with Crippen LogP contribution in [0.25, 0.3) is 6.08 Å². The molecule has 2 aromatic rings. The average Bonchev–Trinajstić information content (AvgIpc) is 3.20. The van der Waals surface area contributed by atoms with Crippen LogP contribution in [0.4, 0.5) is 5.82 Å². The Morgan fingerprint density at radius 1 is 1.23 bits per heavy atom. The van der Waals surface area contributed by atoms with Crippen molar-refractivity contribution in [3.8, 4) is 0 Å². The summed E-state index contributed by atoms with van der Waals surface area (Å²) in [6.07, 6.45) is 9.08. The number of rotatable bonds is 3. The predicted molar refractivity (Wildman–Crippen MR) is 107 cm³/mol. The second kappa shape index (κ2) is 7.80. The molecule has 2 aliphatic rings. The summed E-state index contributed by atoms with van der Waals surface area (Å²) in [6, 6.07) is 9.47. The van der Waals surface area contributed by atoms with Crippen LogP contribution < -0.4 is 0 Å². The van der Waals surface area contributed by atoms with E-state index >= 15 is 0 Å². The molecule has 4 rings (SSSR count). The Morgan fingerprint density at radius 2 is 2.08 bits per heavy atom. The molecule has 5 nitrogen and oxygen atoms in total. The number of hydrogen-bond donors (Lipinski definition) is 0. The zero-order valence-corrected chi connectivity index (χ0v) is 16.5. The first-order chi connectivity index (χ1) is 12.7. The molecule has 2 aromatic heterocycles. The third kappa shape index (κ3) is 3.78. The van der Waals surface area contributed by atoms with Crippen molar-refractivity contribution in [2.75, 3.05) is 0 Å². The van der Waals surface area contributed by atoms with E-state index in [0.29, 0.717) is 26.3 Å². The lowest BCUT2D eigenvalue weighted by molar-refractivity contribution is -0.124. The van der Waals surface area contributed by atoms with Gasteiger partial charge in [0, 0.05) is 18.3 Å². The van der Waals surface area contributed by atoms with Gasteiger partial charge in [-0.2, -0.15) is 0 Å². The molecule has 0 atom stereocenters. The quantitative estimate of drug-likeness (QED) is 0.612. The summed E-state index contributed by atoms with van der Waals surface area (Å²) in [5, 5.41) is 0.706. The van der Waals surface area contributed by atoms with Crippen LogP contribution in [0.2, 0.25) is 0 Å². The Hall–Kier alpha value is -1.86. The van der Waals surface area contributed by atoms with Gasteiger partial charge in [-0.15, -0.1) is 0 Å². The minimum Gasteiger partial charge on any atom is -0.450 e. The lowest BCUT2D eigenvalue weighted by Crippen LogP contribution is -2.40. The number of amidine groups is 1. The molecule has 2 fully saturated rings. The monoisotopic (exact) mass is 431 g/mol. The SMILES string of the molecule is O=C1/C(=C\c2ccc(Br)o2)S/C(=N/c2ccccn2)N1C1CCCCC1. The van der Waals surface area contributed by atoms with Crippen molar-refractivity contribution >= 4 is 50.7 Å². The van der Waals surface area contributed by atoms with Gasteiger partial charge in [0.05, 0.1) is 4.91 Å². The molecule has 0 bridgehead atoms. The van der Waals surface area contributed by atoms with E-state index in [-0.39, 0.29) is 11.9 Å². The van der Waals surface area contributed by atoms with Gasteiger partial charge in [0.15, 0.2) is 15.7 Å². The Balaban J connectivity index is 1.69. The topological polar surface area (TPSA) is 58.7 Å². The highest BCUT2D eigenvalue weighted by Crippen LogP contribution is 2.38. The smallest absolute Gasteiger partial charge is 0.267 e. The second-order valence-corrected chi connectivity index (χ2v) is 8.09. The molecule has 3 heterocycles. The zero-order valence-electron chi connectivity index (χ0n) is 14.1. The Labute approximate surface area is 164 Å². The van der Waals surface area contributed by atoms with Crippen LogP contribution in [-0.2, 0) is 4.79 Å². The molecule has 1 saturated carbocycles. The summed E-state index contributed by atoms with van der Waals surface area (Å²) in [7, 11) is 0. The molecule has 7 heteroatoms. The number of amides is 1. The normalized spacial score (nSPS) is 21.9. The van der Waals surface area contributed by atoms with Crippen molar-refractivity contribution in [3.05, 3.63) is 51.9 Å². The highest BCUT2D eigenvalue weighted by atomic mass is 79.9. The van der Waals surface area contributed by atoms with Crippen molar-refractivity contribution in [1.29, 1.82) is 0 Å². The van der Waals surface area contributed by atoms with Gasteiger partial charge in [-0.05, 0) is 64.8 Å². The maximum absolute atomic E-state index is 13.1. The fourth-order valence-corrected chi connectivity index (χ4v) is 4.62. The fraction of sp³-hybridized carbons (Fsp3) is 0.316. The number of carbonyl (C=O) groups excluding carboxylic acids is 1. The fourth-order valence-electron chi connectivity index (χ4n) is 3.28. The molecule has 0 unspecified atom stereocenters. The van der Waals surface area contributed by atoms with Crippen LogP contribution in [0.1, 0.15) is 37.9 Å². The van der Waals surface area contributed by atoms with Crippen LogP contribution in [0.5, 0.6) is 0 Å². The first-order valence-corrected chi connectivity index (χ1v) is 10.3. The maximum Gasteiger partial charge on any atom is 0.267 e. The molecule has 134 valence electrons. The number of carbonyl (C=O) groups is 1. The number of nitrogens with zero attached hydrogens (tertiary/aromatic N) is 3. The van der Waals surface area contributed by atoms with E-state index < -0.39 is 0 Å². The Morgan fingerprint density at radius 3 is 2.77 bits per heavy atom. The van der Waals surface area contributed by atoms with Crippen LogP contribution in [0, 0.1) is 0 Å². The third-order valence-corrected chi connectivity index (χ3v) is 5.91. The molecule has 0 radical (unpaired) electrons. The summed E-state index contributed by atoms with van der Waals surface area (Å²) in [6.45, 7) is 0. The van der Waals surface area contributed by atoms with Crippen LogP contribution in [0.15, 0.2) is 55.5 Å². The molecular weight excluding hydrogens is 414 g/mol. The Bertz CT molecular complexity index is 857. The number of thioether (sulfide) groups is 1. The average molecular weight is 432 g/mol. The van der Waals surface area contributed by atoms with Crippen molar-refractivity contribution in [2.24, 2.45) is 4.99 Å². The van der Waals surface area contributed by atoms with Gasteiger partial charge < -0.3 is 4.42 Å². The van der Waals surface area contributed by atoms with Crippen LogP contribution >= 0.6 is 27.7 Å². The molecule has 0 spiro atoms. The lowest BCUT2D eigenvalue weighted by Gasteiger charge is -2.30. The molecule has 1 aliphatic heterocycles. The van der Waals surface area contributed by atoms with E-state index in [9.17, 15) is 4.79 Å². The van der Waals surface area contributed by atoms with Crippen molar-refractivity contribution in [1.82, 2.24) is 9.88 Å². The first-order valence-electron chi connectivity index (χ1n) is 8.69. The van der Waals surface area contributed by atoms with E-state index in [1.54, 1.807) is 12.3 Å². The standard InChI is InChI=1S/C19H18BrN3O2S/c20-16-10-9-14(25-16)12-15-18(24)23(13-6-2-1-3-7-13)19(26-15)22-17-8-4-5-11-21-17/h4-5,8-13H,1-3,6-7H2/b15-12+,22-19+. The summed E-state index contributed by atoms with van der Waals surface area (Å²) < 4.78 is 6.18. The van der Waals surface area contributed by atoms with Gasteiger partial charge in [0.25, 0.3) is 5.91 Å². The summed E-state index contributed by atoms with van der Waals surface area (Å²) in [4.78, 5) is 24.5. The predicted octanol–water partition coefficient (Wildman–Crippen LogP) is 5.37. The van der Waals surface area contributed by atoms with Crippen molar-refractivity contribution < 1.29 is 9.21 Å². The van der Waals surface area contributed by atoms with Crippen LogP contribution in [0.3, 0.4) is 0 Å². The van der Waals surface area contributed by atoms with E-state index in [1.165, 1.54) is 18.2 Å². The largest absolute Gasteiger partial charge is 0.450 e. The molecule has 1 amide bonds. The number of aromatic nitrogens is 1. The van der Waals surface area contributed by atoms with Gasteiger partial charge in [-0.3, -0.25) is 9.69 Å². The Kier molecular flexibility index (Phi) is 5.26. The molecule has 0 N–H and O–H groups in total. The van der Waals surface area contributed by atoms with E-state index in [4.69, 9.17) is 4.42 Å². The summed E-state index contributed by atoms with van der Waals surface area (Å²) in [5.74, 6) is 1.27. The number of hydrogen-bond acceptors (Lipinski definition) is 5. The summed E-state index contributed by atoms with van der Waals surface area (Å²) in [5.41, 5.74) is 0. The summed E-state index contributed by atoms with van der Waals surface area (Å²) >= 11 is 4.69. The molecule has 0 aromatic carbocycles. The number of aliphatic imine (C=N–C) groups is 1. The third-order valence-electron chi connectivity index (χ3n) is 4.50. The van der Waals surface area contributed by atoms with E-state index in [2.05, 4.69) is 25.9 Å². The second-order valence-electron chi connectivity index (χ2n) is 6.30. The highest BCUT2D eigenvalue weighted by molar-refractivity contribution is 9.10. The van der Waals surface area contributed by atoms with Crippen molar-refractivity contribution in [3.63, 3.8) is 0 Å². The van der Waals surface area contributed by atoms with E-state index in [1.807, 2.05) is 35.2 Å². The minimum atomic E-state index is 0.00380. The van der Waals surface area contributed by atoms with E-state index in [0.717, 1.165) is 25.7 Å². The van der Waals surface area contributed by atoms with Gasteiger partial charge in [-0.1, -0.05) is 25.3 Å². The van der Waals surface area contributed by atoms with Gasteiger partial charge in [0.2, 0.25) is 0 Å². The molecule has 26 heavy (non-hydrogen) atoms. The number of pyridine rings is 1. The molecule has 1 aliphatic carbocycles. The highest BCUT2D eigenvalue weighted by Gasteiger charge is 2.38. The number of halogens is 1. The van der Waals surface area contributed by atoms with Crippen LogP contribution in [-0.4, -0.2) is 27.0 Å². The minimum absolute atomic E-state index is 0.00380. The molecule has 1 saturated heterocycles. The van der Waals surface area contributed by atoms with Gasteiger partial charge in [-0.25, -0.2) is 9.98 Å². The lowest BCUT2D eigenvalue weighted by atomic mass is 9.94. The van der Waals surface area contributed by atoms with Gasteiger partial charge >= 0.3 is 0 Å². The first kappa shape index (κ1) is 17.5. The maximum atomic E-state index is 13.1. The number of furan rings is 1. The van der Waals surface area contributed by atoms with Crippen molar-refractivity contribution in [2.45, 2.75) is 38.1 Å². The molecular formula is C19H18BrN3O2S. The zero-order chi connectivity index (χ0) is 17.9. The van der Waals surface area contributed by atoms with Gasteiger partial charge in [0.1, 0.15) is 5.76 Å².